The number of ether oxygens (including phenoxy) is 2. The molecule has 22 heavy (non-hydrogen) atoms. The first-order valence-corrected chi connectivity index (χ1v) is 7.85. The molecule has 1 aromatic carbocycles. The summed E-state index contributed by atoms with van der Waals surface area (Å²) in [5, 5.41) is 3.94. The van der Waals surface area contributed by atoms with Crippen LogP contribution in [0.1, 0.15) is 24.2 Å². The zero-order chi connectivity index (χ0) is 16.1. The van der Waals surface area contributed by atoms with Gasteiger partial charge in [-0.3, -0.25) is 4.79 Å². The molecule has 0 aromatic heterocycles. The van der Waals surface area contributed by atoms with E-state index in [0.29, 0.717) is 42.6 Å². The van der Waals surface area contributed by atoms with Crippen LogP contribution in [0.15, 0.2) is 18.2 Å². The van der Waals surface area contributed by atoms with Crippen molar-refractivity contribution >= 4 is 17.5 Å². The summed E-state index contributed by atoms with van der Waals surface area (Å²) in [6, 6.07) is 5.67. The van der Waals surface area contributed by atoms with Gasteiger partial charge in [-0.25, -0.2) is 0 Å². The van der Waals surface area contributed by atoms with Crippen molar-refractivity contribution in [1.29, 1.82) is 0 Å². The Balaban J connectivity index is 2.18. The fraction of sp³-hybridized carbons (Fsp3) is 0.562. The van der Waals surface area contributed by atoms with Gasteiger partial charge in [-0.1, -0.05) is 11.6 Å². The lowest BCUT2D eigenvalue weighted by Crippen LogP contribution is -2.55. The number of nitrogens with one attached hydrogen (secondary N) is 1. The quantitative estimate of drug-likeness (QED) is 0.843. The van der Waals surface area contributed by atoms with Gasteiger partial charge in [-0.05, 0) is 32.0 Å². The molecule has 0 bridgehead atoms. The highest BCUT2D eigenvalue weighted by Gasteiger charge is 2.27. The highest BCUT2D eigenvalue weighted by atomic mass is 35.5. The summed E-state index contributed by atoms with van der Waals surface area (Å²) >= 11 is 6.06. The Labute approximate surface area is 136 Å². The Kier molecular flexibility index (Phi) is 6.06. The van der Waals surface area contributed by atoms with Crippen molar-refractivity contribution in [2.24, 2.45) is 0 Å². The maximum Gasteiger partial charge on any atom is 0.257 e. The zero-order valence-electron chi connectivity index (χ0n) is 13.3. The van der Waals surface area contributed by atoms with Gasteiger partial charge in [0, 0.05) is 37.3 Å². The van der Waals surface area contributed by atoms with Gasteiger partial charge >= 0.3 is 0 Å². The number of piperazine rings is 1. The lowest BCUT2D eigenvalue weighted by atomic mass is 10.1. The molecular formula is C16H23ClN2O3. The van der Waals surface area contributed by atoms with Gasteiger partial charge in [0.1, 0.15) is 12.4 Å². The minimum absolute atomic E-state index is 0.0462. The SMILES string of the molecule is COCCOc1ccc(Cl)cc1C(=O)N1C[C@@H](C)N[C@H](C)C1. The number of halogens is 1. The third-order valence-electron chi connectivity index (χ3n) is 3.56. The van der Waals surface area contributed by atoms with E-state index < -0.39 is 0 Å². The average molecular weight is 327 g/mol. The van der Waals surface area contributed by atoms with Gasteiger partial charge < -0.3 is 19.7 Å². The molecule has 0 spiro atoms. The van der Waals surface area contributed by atoms with Crippen molar-refractivity contribution in [3.8, 4) is 5.75 Å². The molecule has 0 saturated carbocycles. The average Bonchev–Trinajstić information content (AvgIpc) is 2.47. The first-order chi connectivity index (χ1) is 10.5. The van der Waals surface area contributed by atoms with Crippen LogP contribution >= 0.6 is 11.6 Å². The number of rotatable bonds is 5. The standard InChI is InChI=1S/C16H23ClN2O3/c1-11-9-19(10-12(2)18-11)16(20)14-8-13(17)4-5-15(14)22-7-6-21-3/h4-5,8,11-12,18H,6-7,9-10H2,1-3H3/t11-,12-/m1/s1. The first-order valence-electron chi connectivity index (χ1n) is 7.48. The van der Waals surface area contributed by atoms with Crippen molar-refractivity contribution in [3.05, 3.63) is 28.8 Å². The largest absolute Gasteiger partial charge is 0.490 e. The number of carbonyl (C=O) groups excluding carboxylic acids is 1. The molecule has 1 saturated heterocycles. The molecule has 1 aliphatic rings. The molecule has 1 aromatic rings. The minimum atomic E-state index is -0.0462. The monoisotopic (exact) mass is 326 g/mol. The van der Waals surface area contributed by atoms with E-state index in [-0.39, 0.29) is 18.0 Å². The molecule has 1 aliphatic heterocycles. The Morgan fingerprint density at radius 3 is 2.64 bits per heavy atom. The summed E-state index contributed by atoms with van der Waals surface area (Å²) in [5.74, 6) is 0.500. The van der Waals surface area contributed by atoms with Crippen LogP contribution in [-0.4, -0.2) is 56.3 Å². The van der Waals surface area contributed by atoms with Crippen molar-refractivity contribution in [2.75, 3.05) is 33.4 Å². The normalized spacial score (nSPS) is 21.7. The molecular weight excluding hydrogens is 304 g/mol. The van der Waals surface area contributed by atoms with Crippen LogP contribution in [0.5, 0.6) is 5.75 Å². The van der Waals surface area contributed by atoms with E-state index in [1.54, 1.807) is 25.3 Å². The number of carbonyl (C=O) groups is 1. The fourth-order valence-electron chi connectivity index (χ4n) is 2.69. The van der Waals surface area contributed by atoms with Crippen LogP contribution in [0.4, 0.5) is 0 Å². The lowest BCUT2D eigenvalue weighted by Gasteiger charge is -2.36. The van der Waals surface area contributed by atoms with Gasteiger partial charge in [0.05, 0.1) is 12.2 Å². The van der Waals surface area contributed by atoms with E-state index in [0.717, 1.165) is 0 Å². The second-order valence-corrected chi connectivity index (χ2v) is 6.10. The molecule has 1 fully saturated rings. The Morgan fingerprint density at radius 2 is 2.00 bits per heavy atom. The van der Waals surface area contributed by atoms with Crippen LogP contribution in [-0.2, 0) is 4.74 Å². The second kappa shape index (κ2) is 7.81. The van der Waals surface area contributed by atoms with Gasteiger partial charge in [-0.15, -0.1) is 0 Å². The van der Waals surface area contributed by atoms with Gasteiger partial charge in [0.25, 0.3) is 5.91 Å². The van der Waals surface area contributed by atoms with E-state index in [1.165, 1.54) is 0 Å². The molecule has 5 nitrogen and oxygen atoms in total. The molecule has 1 amide bonds. The minimum Gasteiger partial charge on any atom is -0.490 e. The highest BCUT2D eigenvalue weighted by Crippen LogP contribution is 2.25. The van der Waals surface area contributed by atoms with Crippen molar-refractivity contribution in [1.82, 2.24) is 10.2 Å². The summed E-state index contributed by atoms with van der Waals surface area (Å²) in [6.07, 6.45) is 0. The molecule has 0 unspecified atom stereocenters. The number of hydrogen-bond acceptors (Lipinski definition) is 4. The van der Waals surface area contributed by atoms with E-state index in [2.05, 4.69) is 19.2 Å². The Morgan fingerprint density at radius 1 is 1.32 bits per heavy atom. The van der Waals surface area contributed by atoms with Gasteiger partial charge in [0.15, 0.2) is 0 Å². The lowest BCUT2D eigenvalue weighted by molar-refractivity contribution is 0.0667. The van der Waals surface area contributed by atoms with Crippen molar-refractivity contribution in [3.63, 3.8) is 0 Å². The summed E-state index contributed by atoms with van der Waals surface area (Å²) < 4.78 is 10.6. The fourth-order valence-corrected chi connectivity index (χ4v) is 2.87. The summed E-state index contributed by atoms with van der Waals surface area (Å²) in [5.41, 5.74) is 0.505. The van der Waals surface area contributed by atoms with E-state index >= 15 is 0 Å². The number of nitrogens with zero attached hydrogens (tertiary/aromatic N) is 1. The summed E-state index contributed by atoms with van der Waals surface area (Å²) in [4.78, 5) is 14.7. The third kappa shape index (κ3) is 4.35. The second-order valence-electron chi connectivity index (χ2n) is 5.66. The molecule has 1 N–H and O–H groups in total. The van der Waals surface area contributed by atoms with Crippen LogP contribution in [0.3, 0.4) is 0 Å². The topological polar surface area (TPSA) is 50.8 Å². The maximum absolute atomic E-state index is 12.8. The van der Waals surface area contributed by atoms with Gasteiger partial charge in [-0.2, -0.15) is 0 Å². The highest BCUT2D eigenvalue weighted by molar-refractivity contribution is 6.31. The smallest absolute Gasteiger partial charge is 0.257 e. The number of amides is 1. The third-order valence-corrected chi connectivity index (χ3v) is 3.80. The van der Waals surface area contributed by atoms with E-state index in [1.807, 2.05) is 4.90 Å². The molecule has 0 radical (unpaired) electrons. The van der Waals surface area contributed by atoms with Crippen LogP contribution < -0.4 is 10.1 Å². The Bertz CT molecular complexity index is 514. The number of hydrogen-bond donors (Lipinski definition) is 1. The van der Waals surface area contributed by atoms with Crippen molar-refractivity contribution < 1.29 is 14.3 Å². The predicted molar refractivity (Wildman–Crippen MR) is 86.8 cm³/mol. The van der Waals surface area contributed by atoms with Crippen LogP contribution in [0, 0.1) is 0 Å². The molecule has 2 rings (SSSR count). The van der Waals surface area contributed by atoms with Gasteiger partial charge in [0.2, 0.25) is 0 Å². The maximum atomic E-state index is 12.8. The first kappa shape index (κ1) is 17.1. The molecule has 122 valence electrons. The summed E-state index contributed by atoms with van der Waals surface area (Å²) in [7, 11) is 1.61. The number of benzene rings is 1. The molecule has 2 atom stereocenters. The molecule has 0 aliphatic carbocycles. The molecule has 1 heterocycles. The van der Waals surface area contributed by atoms with Crippen molar-refractivity contribution in [2.45, 2.75) is 25.9 Å². The van der Waals surface area contributed by atoms with Crippen LogP contribution in [0.2, 0.25) is 5.02 Å². The zero-order valence-corrected chi connectivity index (χ0v) is 14.0. The summed E-state index contributed by atoms with van der Waals surface area (Å²) in [6.45, 7) is 6.36. The molecule has 6 heteroatoms. The predicted octanol–water partition coefficient (Wildman–Crippen LogP) is 2.19. The Hall–Kier alpha value is -1.30. The van der Waals surface area contributed by atoms with E-state index in [4.69, 9.17) is 21.1 Å². The van der Waals surface area contributed by atoms with E-state index in [9.17, 15) is 4.79 Å². The number of methoxy groups -OCH3 is 1. The van der Waals surface area contributed by atoms with Crippen LogP contribution in [0.25, 0.3) is 0 Å².